The third-order valence-electron chi connectivity index (χ3n) is 4.74. The van der Waals surface area contributed by atoms with Gasteiger partial charge >= 0.3 is 6.03 Å². The topological polar surface area (TPSA) is 59.0 Å². The molecular weight excluding hydrogens is 288 g/mol. The number of carbonyl (C=O) groups is 1. The summed E-state index contributed by atoms with van der Waals surface area (Å²) in [5.41, 5.74) is 2.16. The van der Waals surface area contributed by atoms with Crippen LogP contribution in [0.2, 0.25) is 0 Å². The number of aromatic nitrogens is 2. The van der Waals surface area contributed by atoms with Crippen LogP contribution in [0.15, 0.2) is 30.6 Å². The van der Waals surface area contributed by atoms with Crippen LogP contribution in [0.5, 0.6) is 0 Å². The summed E-state index contributed by atoms with van der Waals surface area (Å²) in [6.45, 7) is 3.83. The van der Waals surface area contributed by atoms with E-state index in [0.29, 0.717) is 12.6 Å². The zero-order chi connectivity index (χ0) is 16.1. The Morgan fingerprint density at radius 3 is 2.87 bits per heavy atom. The molecule has 5 nitrogen and oxygen atoms in total. The van der Waals surface area contributed by atoms with Crippen LogP contribution >= 0.6 is 0 Å². The minimum absolute atomic E-state index is 0.0277. The van der Waals surface area contributed by atoms with Gasteiger partial charge in [-0.3, -0.25) is 0 Å². The van der Waals surface area contributed by atoms with Crippen molar-refractivity contribution in [3.8, 4) is 0 Å². The van der Waals surface area contributed by atoms with E-state index in [-0.39, 0.29) is 6.03 Å². The van der Waals surface area contributed by atoms with E-state index in [1.165, 1.54) is 12.8 Å². The quantitative estimate of drug-likeness (QED) is 0.832. The second kappa shape index (κ2) is 7.49. The Labute approximate surface area is 137 Å². The number of rotatable bonds is 5. The molecule has 0 radical (unpaired) electrons. The Balaban J connectivity index is 1.37. The van der Waals surface area contributed by atoms with Crippen molar-refractivity contribution >= 4 is 17.1 Å². The fourth-order valence-electron chi connectivity index (χ4n) is 3.28. The number of nitrogens with zero attached hydrogens (tertiary/aromatic N) is 2. The van der Waals surface area contributed by atoms with Gasteiger partial charge in [-0.25, -0.2) is 9.78 Å². The molecule has 0 spiro atoms. The summed E-state index contributed by atoms with van der Waals surface area (Å²) >= 11 is 0. The Bertz CT molecular complexity index is 643. The molecule has 0 aliphatic heterocycles. The number of carbonyl (C=O) groups excluding carboxylic acids is 1. The van der Waals surface area contributed by atoms with Crippen molar-refractivity contribution in [2.75, 3.05) is 6.54 Å². The Morgan fingerprint density at radius 1 is 1.26 bits per heavy atom. The van der Waals surface area contributed by atoms with Gasteiger partial charge in [0.1, 0.15) is 0 Å². The van der Waals surface area contributed by atoms with Crippen LogP contribution in [0.3, 0.4) is 0 Å². The highest BCUT2D eigenvalue weighted by atomic mass is 16.2. The normalized spacial score (nSPS) is 21.3. The second-order valence-electron chi connectivity index (χ2n) is 6.64. The molecule has 0 bridgehead atoms. The van der Waals surface area contributed by atoms with Gasteiger partial charge in [0.25, 0.3) is 0 Å². The van der Waals surface area contributed by atoms with E-state index in [2.05, 4.69) is 33.2 Å². The molecule has 5 heteroatoms. The maximum absolute atomic E-state index is 11.9. The van der Waals surface area contributed by atoms with E-state index >= 15 is 0 Å². The second-order valence-corrected chi connectivity index (χ2v) is 6.64. The molecule has 124 valence electrons. The van der Waals surface area contributed by atoms with E-state index in [1.54, 1.807) is 0 Å². The van der Waals surface area contributed by atoms with Crippen molar-refractivity contribution in [1.29, 1.82) is 0 Å². The zero-order valence-electron chi connectivity index (χ0n) is 13.8. The number of benzene rings is 1. The van der Waals surface area contributed by atoms with Crippen molar-refractivity contribution in [3.05, 3.63) is 30.6 Å². The fourth-order valence-corrected chi connectivity index (χ4v) is 3.28. The van der Waals surface area contributed by atoms with Crippen molar-refractivity contribution in [1.82, 2.24) is 20.2 Å². The van der Waals surface area contributed by atoms with Crippen LogP contribution in [0.25, 0.3) is 11.0 Å². The Morgan fingerprint density at radius 2 is 2.04 bits per heavy atom. The van der Waals surface area contributed by atoms with Gasteiger partial charge in [0, 0.05) is 19.1 Å². The molecule has 1 aromatic carbocycles. The first-order valence-corrected chi connectivity index (χ1v) is 8.66. The Hall–Kier alpha value is -2.04. The van der Waals surface area contributed by atoms with Crippen LogP contribution in [0.4, 0.5) is 4.79 Å². The van der Waals surface area contributed by atoms with Crippen molar-refractivity contribution in [3.63, 3.8) is 0 Å². The lowest BCUT2D eigenvalue weighted by Gasteiger charge is -2.26. The first-order chi connectivity index (χ1) is 11.2. The summed E-state index contributed by atoms with van der Waals surface area (Å²) in [4.78, 5) is 16.3. The summed E-state index contributed by atoms with van der Waals surface area (Å²) < 4.78 is 2.14. The third kappa shape index (κ3) is 4.24. The van der Waals surface area contributed by atoms with Crippen LogP contribution in [-0.4, -0.2) is 28.2 Å². The lowest BCUT2D eigenvalue weighted by atomic mass is 9.87. The largest absolute Gasteiger partial charge is 0.338 e. The van der Waals surface area contributed by atoms with Crippen molar-refractivity contribution in [2.45, 2.75) is 51.6 Å². The third-order valence-corrected chi connectivity index (χ3v) is 4.74. The summed E-state index contributed by atoms with van der Waals surface area (Å²) in [7, 11) is 0. The number of amides is 2. The number of imidazole rings is 1. The highest BCUT2D eigenvalue weighted by Gasteiger charge is 2.19. The molecular formula is C18H26N4O. The molecule has 0 saturated heterocycles. The fraction of sp³-hybridized carbons (Fsp3) is 0.556. The molecule has 1 heterocycles. The molecule has 0 atom stereocenters. The molecule has 2 N–H and O–H groups in total. The summed E-state index contributed by atoms with van der Waals surface area (Å²) in [6, 6.07) is 8.44. The lowest BCUT2D eigenvalue weighted by Crippen LogP contribution is -2.43. The molecule has 1 saturated carbocycles. The average Bonchev–Trinajstić information content (AvgIpc) is 2.97. The minimum atomic E-state index is -0.0277. The number of para-hydroxylation sites is 2. The molecule has 1 aliphatic carbocycles. The van der Waals surface area contributed by atoms with E-state index in [0.717, 1.165) is 42.8 Å². The maximum Gasteiger partial charge on any atom is 0.315 e. The van der Waals surface area contributed by atoms with Gasteiger partial charge in [0.05, 0.1) is 17.4 Å². The first kappa shape index (κ1) is 15.8. The van der Waals surface area contributed by atoms with Crippen LogP contribution in [0.1, 0.15) is 39.0 Å². The molecule has 1 aromatic heterocycles. The summed E-state index contributed by atoms with van der Waals surface area (Å²) in [5, 5.41) is 6.06. The lowest BCUT2D eigenvalue weighted by molar-refractivity contribution is 0.228. The predicted octanol–water partition coefficient (Wildman–Crippen LogP) is 3.30. The summed E-state index contributed by atoms with van der Waals surface area (Å²) in [5.74, 6) is 0.807. The monoisotopic (exact) mass is 314 g/mol. The Kier molecular flexibility index (Phi) is 5.16. The number of aryl methyl sites for hydroxylation is 1. The SMILES string of the molecule is CC1CCC(NC(=O)NCCCn2cnc3ccccc32)CC1. The van der Waals surface area contributed by atoms with Crippen molar-refractivity contribution < 1.29 is 4.79 Å². The number of hydrogen-bond acceptors (Lipinski definition) is 2. The van der Waals surface area contributed by atoms with Gasteiger partial charge in [-0.1, -0.05) is 19.1 Å². The van der Waals surface area contributed by atoms with Gasteiger partial charge < -0.3 is 15.2 Å². The molecule has 2 amide bonds. The average molecular weight is 314 g/mol. The van der Waals surface area contributed by atoms with E-state index in [4.69, 9.17) is 0 Å². The van der Waals surface area contributed by atoms with Gasteiger partial charge in [0.2, 0.25) is 0 Å². The first-order valence-electron chi connectivity index (χ1n) is 8.66. The molecule has 1 aliphatic rings. The molecule has 1 fully saturated rings. The molecule has 0 unspecified atom stereocenters. The van der Waals surface area contributed by atoms with E-state index in [9.17, 15) is 4.79 Å². The van der Waals surface area contributed by atoms with Crippen molar-refractivity contribution in [2.24, 2.45) is 5.92 Å². The standard InChI is InChI=1S/C18H26N4O/c1-14-7-9-15(10-8-14)21-18(23)19-11-4-12-22-13-20-16-5-2-3-6-17(16)22/h2-3,5-6,13-15H,4,7-12H2,1H3,(H2,19,21,23). The molecule has 23 heavy (non-hydrogen) atoms. The van der Waals surface area contributed by atoms with Crippen LogP contribution < -0.4 is 10.6 Å². The highest BCUT2D eigenvalue weighted by Crippen LogP contribution is 2.23. The van der Waals surface area contributed by atoms with Gasteiger partial charge in [-0.15, -0.1) is 0 Å². The van der Waals surface area contributed by atoms with E-state index < -0.39 is 0 Å². The van der Waals surface area contributed by atoms with Crippen LogP contribution in [0, 0.1) is 5.92 Å². The summed E-state index contributed by atoms with van der Waals surface area (Å²) in [6.07, 6.45) is 7.42. The number of hydrogen-bond donors (Lipinski definition) is 2. The van der Waals surface area contributed by atoms with Gasteiger partial charge in [-0.2, -0.15) is 0 Å². The molecule has 3 rings (SSSR count). The number of fused-ring (bicyclic) bond motifs is 1. The zero-order valence-corrected chi connectivity index (χ0v) is 13.8. The number of urea groups is 1. The van der Waals surface area contributed by atoms with E-state index in [1.807, 2.05) is 24.5 Å². The predicted molar refractivity (Wildman–Crippen MR) is 92.3 cm³/mol. The maximum atomic E-state index is 11.9. The number of nitrogens with one attached hydrogen (secondary N) is 2. The van der Waals surface area contributed by atoms with Crippen LogP contribution in [-0.2, 0) is 6.54 Å². The smallest absolute Gasteiger partial charge is 0.315 e. The minimum Gasteiger partial charge on any atom is -0.338 e. The van der Waals surface area contributed by atoms with Gasteiger partial charge in [0.15, 0.2) is 0 Å². The molecule has 2 aromatic rings. The van der Waals surface area contributed by atoms with Gasteiger partial charge in [-0.05, 0) is 50.2 Å². The highest BCUT2D eigenvalue weighted by molar-refractivity contribution is 5.75.